The van der Waals surface area contributed by atoms with Gasteiger partial charge in [0.25, 0.3) is 0 Å². The Bertz CT molecular complexity index is 116. The van der Waals surface area contributed by atoms with Crippen LogP contribution in [0.1, 0.15) is 6.92 Å². The van der Waals surface area contributed by atoms with Crippen LogP contribution < -0.4 is 0 Å². The van der Waals surface area contributed by atoms with E-state index in [0.717, 1.165) is 0 Å². The van der Waals surface area contributed by atoms with Crippen LogP contribution in [0.3, 0.4) is 0 Å². The van der Waals surface area contributed by atoms with Gasteiger partial charge in [-0.2, -0.15) is 0 Å². The number of likely N-dealkylation sites (N-methyl/N-ethyl adjacent to an activating group) is 1. The lowest BCUT2D eigenvalue weighted by atomic mass is 10.5. The molecule has 1 amide bonds. The van der Waals surface area contributed by atoms with Crippen LogP contribution in [-0.2, 0) is 9.53 Å². The van der Waals surface area contributed by atoms with Gasteiger partial charge in [0.15, 0.2) is 0 Å². The molecule has 1 unspecified atom stereocenters. The van der Waals surface area contributed by atoms with Gasteiger partial charge in [0.1, 0.15) is 12.8 Å². The molecule has 0 saturated carbocycles. The number of methoxy groups -OCH3 is 1. The molecular weight excluding hydrogens is 134 g/mol. The first-order valence-corrected chi connectivity index (χ1v) is 3.02. The summed E-state index contributed by atoms with van der Waals surface area (Å²) in [6.45, 7) is 1.26. The third-order valence-electron chi connectivity index (χ3n) is 1.42. The van der Waals surface area contributed by atoms with Gasteiger partial charge >= 0.3 is 0 Å². The molecule has 0 fully saturated rings. The van der Waals surface area contributed by atoms with Gasteiger partial charge < -0.3 is 14.7 Å². The van der Waals surface area contributed by atoms with Gasteiger partial charge in [0.2, 0.25) is 5.91 Å². The Balaban J connectivity index is 3.81. The van der Waals surface area contributed by atoms with Gasteiger partial charge in [-0.1, -0.05) is 0 Å². The van der Waals surface area contributed by atoms with Crippen LogP contribution in [0.5, 0.6) is 0 Å². The van der Waals surface area contributed by atoms with Gasteiger partial charge in [-0.3, -0.25) is 4.79 Å². The van der Waals surface area contributed by atoms with E-state index in [1.54, 1.807) is 14.0 Å². The molecule has 0 aliphatic carbocycles. The highest BCUT2D eigenvalue weighted by molar-refractivity contribution is 5.76. The SMILES string of the molecule is COC(C)N(C)C(=O)CO. The van der Waals surface area contributed by atoms with Crippen molar-refractivity contribution in [2.75, 3.05) is 20.8 Å². The van der Waals surface area contributed by atoms with Crippen molar-refractivity contribution in [3.63, 3.8) is 0 Å². The number of aliphatic hydroxyl groups excluding tert-OH is 1. The van der Waals surface area contributed by atoms with E-state index in [2.05, 4.69) is 0 Å². The standard InChI is InChI=1S/C6H13NO3/c1-5(10-3)7(2)6(9)4-8/h5,8H,4H2,1-3H3. The van der Waals surface area contributed by atoms with Crippen molar-refractivity contribution in [3.05, 3.63) is 0 Å². The normalized spacial score (nSPS) is 12.8. The molecule has 10 heavy (non-hydrogen) atoms. The minimum Gasteiger partial charge on any atom is -0.387 e. The zero-order valence-corrected chi connectivity index (χ0v) is 6.50. The Morgan fingerprint density at radius 1 is 1.80 bits per heavy atom. The van der Waals surface area contributed by atoms with Crippen LogP contribution in [0, 0.1) is 0 Å². The number of hydrogen-bond acceptors (Lipinski definition) is 3. The molecule has 0 heterocycles. The second kappa shape index (κ2) is 4.24. The van der Waals surface area contributed by atoms with Crippen LogP contribution in [-0.4, -0.2) is 42.9 Å². The summed E-state index contributed by atoms with van der Waals surface area (Å²) in [7, 11) is 3.08. The van der Waals surface area contributed by atoms with Gasteiger partial charge in [-0.15, -0.1) is 0 Å². The van der Waals surface area contributed by atoms with Gasteiger partial charge in [0.05, 0.1) is 0 Å². The largest absolute Gasteiger partial charge is 0.387 e. The molecule has 0 aliphatic rings. The zero-order valence-electron chi connectivity index (χ0n) is 6.50. The van der Waals surface area contributed by atoms with Crippen LogP contribution in [0.4, 0.5) is 0 Å². The molecule has 0 aromatic heterocycles. The van der Waals surface area contributed by atoms with Gasteiger partial charge in [0, 0.05) is 14.2 Å². The van der Waals surface area contributed by atoms with E-state index in [-0.39, 0.29) is 12.1 Å². The Morgan fingerprint density at radius 3 is 2.60 bits per heavy atom. The smallest absolute Gasteiger partial charge is 0.250 e. The summed E-state index contributed by atoms with van der Waals surface area (Å²) in [6.07, 6.45) is -0.278. The van der Waals surface area contributed by atoms with E-state index in [1.165, 1.54) is 12.0 Å². The number of amides is 1. The highest BCUT2D eigenvalue weighted by atomic mass is 16.5. The monoisotopic (exact) mass is 147 g/mol. The number of nitrogens with zero attached hydrogens (tertiary/aromatic N) is 1. The maximum atomic E-state index is 10.7. The van der Waals surface area contributed by atoms with Crippen LogP contribution >= 0.6 is 0 Å². The summed E-state index contributed by atoms with van der Waals surface area (Å²) < 4.78 is 4.83. The average molecular weight is 147 g/mol. The molecule has 1 N–H and O–H groups in total. The second-order valence-corrected chi connectivity index (χ2v) is 2.00. The van der Waals surface area contributed by atoms with Crippen LogP contribution in [0.15, 0.2) is 0 Å². The molecule has 1 atom stereocenters. The molecule has 0 bridgehead atoms. The lowest BCUT2D eigenvalue weighted by Gasteiger charge is -2.22. The summed E-state index contributed by atoms with van der Waals surface area (Å²) in [6, 6.07) is 0. The number of carbonyl (C=O) groups is 1. The molecule has 0 aromatic rings. The van der Waals surface area contributed by atoms with E-state index in [4.69, 9.17) is 9.84 Å². The number of rotatable bonds is 3. The Kier molecular flexibility index (Phi) is 3.99. The second-order valence-electron chi connectivity index (χ2n) is 2.00. The van der Waals surface area contributed by atoms with E-state index < -0.39 is 6.61 Å². The molecular formula is C6H13NO3. The topological polar surface area (TPSA) is 49.8 Å². The molecule has 4 nitrogen and oxygen atoms in total. The highest BCUT2D eigenvalue weighted by Gasteiger charge is 2.12. The minimum absolute atomic E-state index is 0.278. The van der Waals surface area contributed by atoms with Crippen LogP contribution in [0.2, 0.25) is 0 Å². The third kappa shape index (κ3) is 2.33. The van der Waals surface area contributed by atoms with Gasteiger partial charge in [-0.25, -0.2) is 0 Å². The number of aliphatic hydroxyl groups is 1. The Hall–Kier alpha value is -0.610. The van der Waals surface area contributed by atoms with E-state index in [1.807, 2.05) is 0 Å². The van der Waals surface area contributed by atoms with Gasteiger partial charge in [-0.05, 0) is 6.92 Å². The van der Waals surface area contributed by atoms with Crippen molar-refractivity contribution in [2.24, 2.45) is 0 Å². The summed E-state index contributed by atoms with van der Waals surface area (Å²) in [5.41, 5.74) is 0. The zero-order chi connectivity index (χ0) is 8.15. The van der Waals surface area contributed by atoms with E-state index in [9.17, 15) is 4.79 Å². The van der Waals surface area contributed by atoms with E-state index >= 15 is 0 Å². The van der Waals surface area contributed by atoms with Crippen molar-refractivity contribution in [2.45, 2.75) is 13.2 Å². The van der Waals surface area contributed by atoms with E-state index in [0.29, 0.717) is 0 Å². The quantitative estimate of drug-likeness (QED) is 0.544. The van der Waals surface area contributed by atoms with Crippen molar-refractivity contribution >= 4 is 5.91 Å². The molecule has 60 valence electrons. The summed E-state index contributed by atoms with van der Waals surface area (Å²) in [5.74, 6) is -0.339. The Labute approximate surface area is 60.4 Å². The fourth-order valence-corrected chi connectivity index (χ4v) is 0.472. The first-order chi connectivity index (χ1) is 4.63. The van der Waals surface area contributed by atoms with Crippen LogP contribution in [0.25, 0.3) is 0 Å². The average Bonchev–Trinajstić information content (AvgIpc) is 2.00. The van der Waals surface area contributed by atoms with Crippen molar-refractivity contribution in [1.29, 1.82) is 0 Å². The highest BCUT2D eigenvalue weighted by Crippen LogP contribution is 1.94. The lowest BCUT2D eigenvalue weighted by Crippen LogP contribution is -2.37. The molecule has 0 spiro atoms. The molecule has 0 aromatic carbocycles. The third-order valence-corrected chi connectivity index (χ3v) is 1.42. The lowest BCUT2D eigenvalue weighted by molar-refractivity contribution is -0.142. The first-order valence-electron chi connectivity index (χ1n) is 3.02. The van der Waals surface area contributed by atoms with Crippen molar-refractivity contribution < 1.29 is 14.6 Å². The molecule has 4 heteroatoms. The maximum Gasteiger partial charge on any atom is 0.250 e. The molecule has 0 rings (SSSR count). The first kappa shape index (κ1) is 9.39. The van der Waals surface area contributed by atoms with Crippen molar-refractivity contribution in [3.8, 4) is 0 Å². The maximum absolute atomic E-state index is 10.7. The Morgan fingerprint density at radius 2 is 2.30 bits per heavy atom. The number of hydrogen-bond donors (Lipinski definition) is 1. The minimum atomic E-state index is -0.468. The fraction of sp³-hybridized carbons (Fsp3) is 0.833. The van der Waals surface area contributed by atoms with Crippen molar-refractivity contribution in [1.82, 2.24) is 4.90 Å². The summed E-state index contributed by atoms with van der Waals surface area (Å²) >= 11 is 0. The molecule has 0 aliphatic heterocycles. The number of ether oxygens (including phenoxy) is 1. The summed E-state index contributed by atoms with van der Waals surface area (Å²) in [5, 5.41) is 8.40. The molecule has 0 radical (unpaired) electrons. The fourth-order valence-electron chi connectivity index (χ4n) is 0.472. The summed E-state index contributed by atoms with van der Waals surface area (Å²) in [4.78, 5) is 12.0. The predicted molar refractivity (Wildman–Crippen MR) is 36.3 cm³/mol. The molecule has 0 saturated heterocycles. The predicted octanol–water partition coefficient (Wildman–Crippen LogP) is -0.571. The number of carbonyl (C=O) groups excluding carboxylic acids is 1.